The van der Waals surface area contributed by atoms with Crippen LogP contribution >= 0.6 is 0 Å². The highest BCUT2D eigenvalue weighted by Crippen LogP contribution is 2.12. The van der Waals surface area contributed by atoms with Crippen LogP contribution in [0.1, 0.15) is 24.2 Å². The summed E-state index contributed by atoms with van der Waals surface area (Å²) in [5, 5.41) is 11.4. The monoisotopic (exact) mass is 245 g/mol. The van der Waals surface area contributed by atoms with Crippen molar-refractivity contribution in [3.63, 3.8) is 0 Å². The third-order valence-electron chi connectivity index (χ3n) is 2.61. The van der Waals surface area contributed by atoms with Crippen molar-refractivity contribution in [1.82, 2.24) is 4.90 Å². The van der Waals surface area contributed by atoms with Gasteiger partial charge in [0.05, 0.1) is 6.07 Å². The van der Waals surface area contributed by atoms with E-state index >= 15 is 0 Å². The highest BCUT2D eigenvalue weighted by Gasteiger charge is 2.15. The summed E-state index contributed by atoms with van der Waals surface area (Å²) in [7, 11) is 1.54. The predicted octanol–water partition coefficient (Wildman–Crippen LogP) is 2.26. The summed E-state index contributed by atoms with van der Waals surface area (Å²) in [6.07, 6.45) is 0. The Balaban J connectivity index is 2.79. The van der Waals surface area contributed by atoms with Gasteiger partial charge in [-0.2, -0.15) is 5.26 Å². The molecule has 1 rings (SSSR count). The lowest BCUT2D eigenvalue weighted by Gasteiger charge is -2.20. The number of amides is 2. The number of hydrogen-bond acceptors (Lipinski definition) is 3. The Morgan fingerprint density at radius 3 is 2.67 bits per heavy atom. The highest BCUT2D eigenvalue weighted by molar-refractivity contribution is 5.96. The van der Waals surface area contributed by atoms with Gasteiger partial charge in [0.25, 0.3) is 0 Å². The Morgan fingerprint density at radius 2 is 2.11 bits per heavy atom. The van der Waals surface area contributed by atoms with Gasteiger partial charge in [-0.3, -0.25) is 4.79 Å². The number of carbonyl (C=O) groups is 2. The van der Waals surface area contributed by atoms with Crippen LogP contribution in [0, 0.1) is 11.3 Å². The molecule has 1 aromatic rings. The molecule has 0 saturated heterocycles. The van der Waals surface area contributed by atoms with Crippen molar-refractivity contribution in [3.05, 3.63) is 29.8 Å². The Bertz CT molecular complexity index is 505. The van der Waals surface area contributed by atoms with E-state index in [4.69, 9.17) is 5.26 Å². The molecule has 0 aliphatic rings. The summed E-state index contributed by atoms with van der Waals surface area (Å²) in [6.45, 7) is 3.09. The van der Waals surface area contributed by atoms with E-state index in [0.29, 0.717) is 11.3 Å². The molecule has 0 aliphatic heterocycles. The molecular weight excluding hydrogens is 230 g/mol. The lowest BCUT2D eigenvalue weighted by atomic mass is 10.1. The molecule has 0 bridgehead atoms. The molecule has 18 heavy (non-hydrogen) atoms. The zero-order valence-electron chi connectivity index (χ0n) is 10.6. The summed E-state index contributed by atoms with van der Waals surface area (Å²) >= 11 is 0. The molecule has 0 fully saturated rings. The first-order chi connectivity index (χ1) is 8.45. The molecule has 1 atom stereocenters. The van der Waals surface area contributed by atoms with Crippen LogP contribution in [0.15, 0.2) is 24.3 Å². The third-order valence-corrected chi connectivity index (χ3v) is 2.61. The van der Waals surface area contributed by atoms with Crippen molar-refractivity contribution in [2.45, 2.75) is 19.9 Å². The average Bonchev–Trinajstić information content (AvgIpc) is 2.37. The molecule has 1 aromatic carbocycles. The minimum absolute atomic E-state index is 0.0650. The fourth-order valence-corrected chi connectivity index (χ4v) is 1.29. The smallest absolute Gasteiger partial charge is 0.312 e. The largest absolute Gasteiger partial charge is 0.322 e. The van der Waals surface area contributed by atoms with Crippen LogP contribution < -0.4 is 5.32 Å². The number of rotatable bonds is 3. The van der Waals surface area contributed by atoms with Gasteiger partial charge < -0.3 is 10.2 Å². The number of carbonyl (C=O) groups excluding carboxylic acids is 2. The summed E-state index contributed by atoms with van der Waals surface area (Å²) in [5.41, 5.74) is 1.06. The molecule has 5 heteroatoms. The first-order valence-electron chi connectivity index (χ1n) is 5.50. The van der Waals surface area contributed by atoms with Crippen LogP contribution in [0.5, 0.6) is 0 Å². The first kappa shape index (κ1) is 13.7. The molecule has 5 nitrogen and oxygen atoms in total. The van der Waals surface area contributed by atoms with Gasteiger partial charge in [0.15, 0.2) is 5.78 Å². The second kappa shape index (κ2) is 5.82. The van der Waals surface area contributed by atoms with Gasteiger partial charge in [-0.05, 0) is 26.0 Å². The van der Waals surface area contributed by atoms with Gasteiger partial charge in [0.1, 0.15) is 6.04 Å². The number of nitrogens with zero attached hydrogens (tertiary/aromatic N) is 2. The van der Waals surface area contributed by atoms with E-state index < -0.39 is 6.04 Å². The van der Waals surface area contributed by atoms with Crippen molar-refractivity contribution in [3.8, 4) is 6.07 Å². The Labute approximate surface area is 106 Å². The number of nitrogens with one attached hydrogen (secondary N) is 1. The number of ketones is 1. The van der Waals surface area contributed by atoms with Crippen LogP contribution in [-0.2, 0) is 0 Å². The second-order valence-corrected chi connectivity index (χ2v) is 3.98. The van der Waals surface area contributed by atoms with Crippen LogP contribution in [0.2, 0.25) is 0 Å². The normalized spacial score (nSPS) is 11.2. The summed E-state index contributed by atoms with van der Waals surface area (Å²) in [6, 6.07) is 7.74. The quantitative estimate of drug-likeness (QED) is 0.830. The Kier molecular flexibility index (Phi) is 4.44. The van der Waals surface area contributed by atoms with Crippen LogP contribution in [0.25, 0.3) is 0 Å². The molecule has 0 heterocycles. The SMILES string of the molecule is CC(=O)c1cccc(NC(=O)N(C)C(C)C#N)c1. The Morgan fingerprint density at radius 1 is 1.44 bits per heavy atom. The van der Waals surface area contributed by atoms with Crippen molar-refractivity contribution >= 4 is 17.5 Å². The Hall–Kier alpha value is -2.35. The minimum Gasteiger partial charge on any atom is -0.312 e. The van der Waals surface area contributed by atoms with E-state index in [9.17, 15) is 9.59 Å². The second-order valence-electron chi connectivity index (χ2n) is 3.98. The maximum absolute atomic E-state index is 11.8. The van der Waals surface area contributed by atoms with Gasteiger partial charge in [-0.1, -0.05) is 12.1 Å². The number of nitriles is 1. The first-order valence-corrected chi connectivity index (χ1v) is 5.50. The standard InChI is InChI=1S/C13H15N3O2/c1-9(8-14)16(3)13(18)15-12-6-4-5-11(7-12)10(2)17/h4-7,9H,1-3H3,(H,15,18). The van der Waals surface area contributed by atoms with Gasteiger partial charge >= 0.3 is 6.03 Å². The van der Waals surface area contributed by atoms with E-state index in [2.05, 4.69) is 5.32 Å². The number of anilines is 1. The van der Waals surface area contributed by atoms with Crippen molar-refractivity contribution in [1.29, 1.82) is 5.26 Å². The fourth-order valence-electron chi connectivity index (χ4n) is 1.29. The van der Waals surface area contributed by atoms with E-state index in [-0.39, 0.29) is 11.8 Å². The van der Waals surface area contributed by atoms with E-state index in [1.807, 2.05) is 6.07 Å². The molecule has 1 N–H and O–H groups in total. The number of urea groups is 1. The molecule has 0 aromatic heterocycles. The molecule has 0 radical (unpaired) electrons. The molecule has 1 unspecified atom stereocenters. The molecule has 2 amide bonds. The zero-order valence-corrected chi connectivity index (χ0v) is 10.6. The fraction of sp³-hybridized carbons (Fsp3) is 0.308. The lowest BCUT2D eigenvalue weighted by Crippen LogP contribution is -2.37. The predicted molar refractivity (Wildman–Crippen MR) is 68.3 cm³/mol. The van der Waals surface area contributed by atoms with Crippen molar-refractivity contribution in [2.75, 3.05) is 12.4 Å². The average molecular weight is 245 g/mol. The topological polar surface area (TPSA) is 73.2 Å². The number of benzene rings is 1. The van der Waals surface area contributed by atoms with Crippen molar-refractivity contribution in [2.24, 2.45) is 0 Å². The van der Waals surface area contributed by atoms with Crippen molar-refractivity contribution < 1.29 is 9.59 Å². The van der Waals surface area contributed by atoms with Crippen LogP contribution in [0.4, 0.5) is 10.5 Å². The molecule has 0 spiro atoms. The van der Waals surface area contributed by atoms with Crippen LogP contribution in [0.3, 0.4) is 0 Å². The van der Waals surface area contributed by atoms with Gasteiger partial charge in [-0.15, -0.1) is 0 Å². The minimum atomic E-state index is -0.513. The maximum atomic E-state index is 11.8. The lowest BCUT2D eigenvalue weighted by molar-refractivity contribution is 0.101. The van der Waals surface area contributed by atoms with Gasteiger partial charge in [0, 0.05) is 18.3 Å². The van der Waals surface area contributed by atoms with Gasteiger partial charge in [0.2, 0.25) is 0 Å². The third kappa shape index (κ3) is 3.32. The van der Waals surface area contributed by atoms with Gasteiger partial charge in [-0.25, -0.2) is 4.79 Å². The summed E-state index contributed by atoms with van der Waals surface area (Å²) in [4.78, 5) is 24.3. The maximum Gasteiger partial charge on any atom is 0.322 e. The van der Waals surface area contributed by atoms with E-state index in [1.54, 1.807) is 31.2 Å². The van der Waals surface area contributed by atoms with E-state index in [1.165, 1.54) is 18.9 Å². The summed E-state index contributed by atoms with van der Waals surface area (Å²) < 4.78 is 0. The van der Waals surface area contributed by atoms with Crippen LogP contribution in [-0.4, -0.2) is 29.8 Å². The molecular formula is C13H15N3O2. The molecule has 0 saturated carbocycles. The van der Waals surface area contributed by atoms with E-state index in [0.717, 1.165) is 0 Å². The zero-order chi connectivity index (χ0) is 13.7. The number of hydrogen-bond donors (Lipinski definition) is 1. The number of Topliss-reactive ketones (excluding diaryl/α,β-unsaturated/α-hetero) is 1. The molecule has 94 valence electrons. The summed E-state index contributed by atoms with van der Waals surface area (Å²) in [5.74, 6) is -0.0650. The highest BCUT2D eigenvalue weighted by atomic mass is 16.2. The molecule has 0 aliphatic carbocycles.